The molecule has 0 fully saturated rings. The third kappa shape index (κ3) is 7.93. The second-order valence-electron chi connectivity index (χ2n) is 15.1. The monoisotopic (exact) mass is 892 g/mol. The van der Waals surface area contributed by atoms with Crippen molar-refractivity contribution < 1.29 is 28.8 Å². The minimum absolute atomic E-state index is 0.920. The van der Waals surface area contributed by atoms with E-state index >= 15 is 3.67 Å². The van der Waals surface area contributed by atoms with E-state index in [1.165, 1.54) is 0 Å². The predicted molar refractivity (Wildman–Crippen MR) is 256 cm³/mol. The summed E-state index contributed by atoms with van der Waals surface area (Å²) in [5.41, 5.74) is 0. The number of hydrogen-bond acceptors (Lipinski definition) is 4. The first-order valence-corrected chi connectivity index (χ1v) is 28.8. The van der Waals surface area contributed by atoms with Crippen LogP contribution in [0.4, 0.5) is 0 Å². The molecular weight excluding hydrogens is 848 g/mol. The van der Waals surface area contributed by atoms with Gasteiger partial charge in [-0.15, -0.1) is 0 Å². The summed E-state index contributed by atoms with van der Waals surface area (Å²) in [6.45, 7) is 0. The summed E-state index contributed by atoms with van der Waals surface area (Å²) in [6.07, 6.45) is 0. The number of benzene rings is 9. The van der Waals surface area contributed by atoms with Gasteiger partial charge in [-0.05, 0) is 0 Å². The first-order valence-electron chi connectivity index (χ1n) is 20.8. The van der Waals surface area contributed by atoms with Crippen LogP contribution in [0, 0.1) is 0 Å². The van der Waals surface area contributed by atoms with Crippen molar-refractivity contribution in [2.45, 2.75) is 0 Å². The molecule has 9 aromatic rings. The molecule has 62 heavy (non-hydrogen) atoms. The molecule has 302 valence electrons. The Morgan fingerprint density at radius 1 is 0.210 bits per heavy atom. The molecule has 0 aromatic heterocycles. The van der Waals surface area contributed by atoms with Crippen LogP contribution >= 0.6 is 0 Å². The van der Waals surface area contributed by atoms with Gasteiger partial charge < -0.3 is 0 Å². The Hall–Kier alpha value is -6.10. The van der Waals surface area contributed by atoms with E-state index in [4.69, 9.17) is 10.1 Å². The van der Waals surface area contributed by atoms with Crippen LogP contribution in [0.5, 0.6) is 0 Å². The molecule has 0 atom stereocenters. The zero-order chi connectivity index (χ0) is 42.1. The van der Waals surface area contributed by atoms with Gasteiger partial charge in [0, 0.05) is 0 Å². The molecule has 8 heteroatoms. The van der Waals surface area contributed by atoms with E-state index in [9.17, 15) is 0 Å². The van der Waals surface area contributed by atoms with Crippen molar-refractivity contribution in [1.29, 1.82) is 0 Å². The predicted octanol–water partition coefficient (Wildman–Crippen LogP) is 6.28. The van der Waals surface area contributed by atoms with E-state index in [0.717, 1.165) is 46.7 Å². The summed E-state index contributed by atoms with van der Waals surface area (Å²) >= 11 is -5.93. The van der Waals surface area contributed by atoms with Gasteiger partial charge in [0.15, 0.2) is 0 Å². The first-order chi connectivity index (χ1) is 30.6. The molecule has 0 saturated heterocycles. The first kappa shape index (κ1) is 41.3. The van der Waals surface area contributed by atoms with E-state index in [2.05, 4.69) is 109 Å². The van der Waals surface area contributed by atoms with Crippen LogP contribution in [0.25, 0.3) is 0 Å². The molecule has 0 amide bonds. The number of rotatable bonds is 15. The van der Waals surface area contributed by atoms with Gasteiger partial charge in [-0.3, -0.25) is 0 Å². The molecule has 0 bridgehead atoms. The third-order valence-electron chi connectivity index (χ3n) is 11.4. The summed E-state index contributed by atoms with van der Waals surface area (Å²) in [6, 6.07) is 92.3. The van der Waals surface area contributed by atoms with Crippen LogP contribution in [0.1, 0.15) is 0 Å². The van der Waals surface area contributed by atoms with Crippen molar-refractivity contribution in [3.8, 4) is 0 Å². The van der Waals surface area contributed by atoms with Crippen LogP contribution in [-0.4, -0.2) is 25.0 Å². The molecule has 0 spiro atoms. The average molecular weight is 893 g/mol. The maximum absolute atomic E-state index is 17.9. The standard InChI is InChI=1S/3C18H15OSi.O.V/c3*19-20(16-10-4-1-5-11-16,17-12-6-2-7-13-17)18-14-8-3-9-15-18;;/h3*1-15H;;/q3*-1;;+3. The molecule has 0 unspecified atom stereocenters. The van der Waals surface area contributed by atoms with Gasteiger partial charge in [0.2, 0.25) is 0 Å². The van der Waals surface area contributed by atoms with E-state index in [1.807, 2.05) is 164 Å². The fraction of sp³-hybridized carbons (Fsp3) is 0. The minimum atomic E-state index is -5.93. The van der Waals surface area contributed by atoms with Gasteiger partial charge >= 0.3 is 373 Å². The van der Waals surface area contributed by atoms with Crippen LogP contribution in [0.2, 0.25) is 0 Å². The quantitative estimate of drug-likeness (QED) is 0.0899. The Balaban J connectivity index is 1.42. The molecular formula is C54H45O4Si3V. The molecule has 0 radical (unpaired) electrons. The Morgan fingerprint density at radius 3 is 0.435 bits per heavy atom. The Morgan fingerprint density at radius 2 is 0.323 bits per heavy atom. The van der Waals surface area contributed by atoms with Crippen LogP contribution in [-0.2, 0) is 28.8 Å². The van der Waals surface area contributed by atoms with Crippen LogP contribution in [0.15, 0.2) is 273 Å². The van der Waals surface area contributed by atoms with Gasteiger partial charge in [0.25, 0.3) is 0 Å². The summed E-state index contributed by atoms with van der Waals surface area (Å²) in [7, 11) is -11.4. The van der Waals surface area contributed by atoms with Gasteiger partial charge in [-0.25, -0.2) is 0 Å². The number of hydrogen-bond donors (Lipinski definition) is 0. The van der Waals surface area contributed by atoms with Gasteiger partial charge in [0.1, 0.15) is 0 Å². The van der Waals surface area contributed by atoms with Crippen molar-refractivity contribution in [3.05, 3.63) is 273 Å². The Bertz CT molecular complexity index is 2220. The Labute approximate surface area is 371 Å². The fourth-order valence-corrected chi connectivity index (χ4v) is 30.7. The van der Waals surface area contributed by atoms with Gasteiger partial charge in [0.05, 0.1) is 0 Å². The average Bonchev–Trinajstić information content (AvgIpc) is 3.37. The molecule has 4 nitrogen and oxygen atoms in total. The molecule has 0 aliphatic carbocycles. The fourth-order valence-electron chi connectivity index (χ4n) is 8.59. The van der Waals surface area contributed by atoms with Crippen molar-refractivity contribution in [2.75, 3.05) is 0 Å². The second kappa shape index (κ2) is 18.5. The van der Waals surface area contributed by atoms with Gasteiger partial charge in [-0.2, -0.15) is 0 Å². The van der Waals surface area contributed by atoms with Crippen molar-refractivity contribution in [2.24, 2.45) is 0 Å². The summed E-state index contributed by atoms with van der Waals surface area (Å²) in [5, 5.41) is 8.28. The summed E-state index contributed by atoms with van der Waals surface area (Å²) in [4.78, 5) is 0. The SMILES string of the molecule is [O]=[V]([O][Si](c1ccccc1)(c1ccccc1)c1ccccc1)([O][Si](c1ccccc1)(c1ccccc1)c1ccccc1)[O][Si](c1ccccc1)(c1ccccc1)c1ccccc1. The van der Waals surface area contributed by atoms with Crippen LogP contribution < -0.4 is 46.7 Å². The maximum atomic E-state index is 17.9. The molecule has 0 aliphatic heterocycles. The summed E-state index contributed by atoms with van der Waals surface area (Å²) < 4.78 is 41.9. The zero-order valence-corrected chi connectivity index (χ0v) is 38.5. The molecule has 0 aliphatic rings. The molecule has 0 N–H and O–H groups in total. The van der Waals surface area contributed by atoms with Crippen molar-refractivity contribution >= 4 is 71.6 Å². The van der Waals surface area contributed by atoms with Gasteiger partial charge in [-0.1, -0.05) is 0 Å². The third-order valence-corrected chi connectivity index (χ3v) is 30.2. The molecule has 9 rings (SSSR count). The van der Waals surface area contributed by atoms with Crippen LogP contribution in [0.3, 0.4) is 0 Å². The molecule has 9 aromatic carbocycles. The van der Waals surface area contributed by atoms with E-state index in [0.29, 0.717) is 0 Å². The second-order valence-corrected chi connectivity index (χ2v) is 28.9. The molecule has 0 saturated carbocycles. The van der Waals surface area contributed by atoms with E-state index in [1.54, 1.807) is 0 Å². The molecule has 0 heterocycles. The topological polar surface area (TPSA) is 44.8 Å². The van der Waals surface area contributed by atoms with E-state index < -0.39 is 40.0 Å². The normalized spacial score (nSPS) is 12.1. The summed E-state index contributed by atoms with van der Waals surface area (Å²) in [5.74, 6) is 0. The van der Waals surface area contributed by atoms with Crippen molar-refractivity contribution in [1.82, 2.24) is 0 Å². The Kier molecular flexibility index (Phi) is 12.3. The zero-order valence-electron chi connectivity index (χ0n) is 34.1. The van der Waals surface area contributed by atoms with Crippen molar-refractivity contribution in [3.63, 3.8) is 0 Å². The van der Waals surface area contributed by atoms with E-state index in [-0.39, 0.29) is 0 Å².